The molecular formula is C14H24OSi. The molecule has 1 atom stereocenters. The zero-order chi connectivity index (χ0) is 12.6. The zero-order valence-electron chi connectivity index (χ0n) is 11.4. The fourth-order valence-electron chi connectivity index (χ4n) is 2.06. The van der Waals surface area contributed by atoms with Crippen LogP contribution in [0, 0.1) is 16.9 Å². The van der Waals surface area contributed by atoms with Crippen LogP contribution in [0.25, 0.3) is 0 Å². The smallest absolute Gasteiger partial charge is 0.151 e. The van der Waals surface area contributed by atoms with Crippen LogP contribution in [0.5, 0.6) is 0 Å². The summed E-state index contributed by atoms with van der Waals surface area (Å²) in [5.41, 5.74) is 3.27. The summed E-state index contributed by atoms with van der Waals surface area (Å²) in [7, 11) is -1.43. The molecular weight excluding hydrogens is 212 g/mol. The molecule has 0 saturated heterocycles. The third kappa shape index (κ3) is 2.59. The molecule has 0 saturated carbocycles. The third-order valence-corrected chi connectivity index (χ3v) is 4.26. The highest BCUT2D eigenvalue weighted by molar-refractivity contribution is 6.83. The molecule has 0 aromatic carbocycles. The van der Waals surface area contributed by atoms with Gasteiger partial charge in [-0.25, -0.2) is 0 Å². The van der Waals surface area contributed by atoms with E-state index in [1.54, 1.807) is 0 Å². The van der Waals surface area contributed by atoms with Gasteiger partial charge in [-0.15, -0.1) is 5.54 Å². The van der Waals surface area contributed by atoms with E-state index in [4.69, 9.17) is 0 Å². The van der Waals surface area contributed by atoms with Crippen molar-refractivity contribution in [3.8, 4) is 11.5 Å². The molecule has 0 aromatic rings. The average Bonchev–Trinajstić information content (AvgIpc) is 2.10. The second-order valence-electron chi connectivity index (χ2n) is 6.52. The molecule has 0 aromatic heterocycles. The first-order valence-corrected chi connectivity index (χ1v) is 9.52. The van der Waals surface area contributed by atoms with E-state index in [2.05, 4.69) is 51.0 Å². The van der Waals surface area contributed by atoms with Crippen molar-refractivity contribution in [2.75, 3.05) is 0 Å². The topological polar surface area (TPSA) is 20.2 Å². The van der Waals surface area contributed by atoms with E-state index < -0.39 is 13.7 Å². The highest BCUT2D eigenvalue weighted by atomic mass is 28.3. The Morgan fingerprint density at radius 3 is 2.31 bits per heavy atom. The van der Waals surface area contributed by atoms with E-state index in [1.807, 2.05) is 6.92 Å². The Labute approximate surface area is 101 Å². The molecule has 0 amide bonds. The molecule has 1 aliphatic rings. The van der Waals surface area contributed by atoms with Crippen LogP contribution in [0.4, 0.5) is 0 Å². The molecule has 0 spiro atoms. The van der Waals surface area contributed by atoms with Crippen LogP contribution in [0.1, 0.15) is 33.6 Å². The minimum absolute atomic E-state index is 0.140. The number of hydrogen-bond donors (Lipinski definition) is 1. The molecule has 1 aliphatic carbocycles. The Balaban J connectivity index is 3.17. The molecule has 0 bridgehead atoms. The summed E-state index contributed by atoms with van der Waals surface area (Å²) in [5.74, 6) is 3.18. The van der Waals surface area contributed by atoms with Crippen LogP contribution >= 0.6 is 0 Å². The lowest BCUT2D eigenvalue weighted by molar-refractivity contribution is 0.00496. The maximum absolute atomic E-state index is 10.8. The molecule has 1 rings (SSSR count). The third-order valence-electron chi connectivity index (χ3n) is 3.39. The van der Waals surface area contributed by atoms with Crippen molar-refractivity contribution in [1.29, 1.82) is 0 Å². The molecule has 0 radical (unpaired) electrons. The van der Waals surface area contributed by atoms with Gasteiger partial charge in [-0.2, -0.15) is 0 Å². The Morgan fingerprint density at radius 2 is 1.88 bits per heavy atom. The van der Waals surface area contributed by atoms with Crippen LogP contribution in [0.2, 0.25) is 19.6 Å². The lowest BCUT2D eigenvalue weighted by atomic mass is 9.65. The monoisotopic (exact) mass is 236 g/mol. The van der Waals surface area contributed by atoms with Crippen LogP contribution < -0.4 is 0 Å². The highest BCUT2D eigenvalue weighted by Crippen LogP contribution is 2.43. The fraction of sp³-hybridized carbons (Fsp3) is 0.714. The van der Waals surface area contributed by atoms with Gasteiger partial charge in [0, 0.05) is 5.41 Å². The van der Waals surface area contributed by atoms with Crippen molar-refractivity contribution >= 4 is 8.07 Å². The molecule has 0 fully saturated rings. The molecule has 2 heteroatoms. The Morgan fingerprint density at radius 1 is 1.31 bits per heavy atom. The van der Waals surface area contributed by atoms with Crippen LogP contribution in [-0.2, 0) is 0 Å². The minimum Gasteiger partial charge on any atom is -0.373 e. The van der Waals surface area contributed by atoms with Gasteiger partial charge in [-0.05, 0) is 25.3 Å². The molecule has 0 aliphatic heterocycles. The van der Waals surface area contributed by atoms with Crippen LogP contribution in [-0.4, -0.2) is 18.8 Å². The molecule has 1 nitrogen and oxygen atoms in total. The Hall–Kier alpha value is -0.523. The number of rotatable bonds is 0. The minimum atomic E-state index is -1.43. The lowest BCUT2D eigenvalue weighted by Crippen LogP contribution is -2.46. The maximum Gasteiger partial charge on any atom is 0.151 e. The molecule has 0 heterocycles. The standard InChI is InChI=1S/C14H24OSi/c1-12-8-7-9-13(2,3)14(12,15)10-11-16(4,5)6/h8,15H,7,9H2,1-6H3. The predicted molar refractivity (Wildman–Crippen MR) is 72.8 cm³/mol. The van der Waals surface area contributed by atoms with E-state index in [0.29, 0.717) is 0 Å². The first-order chi connectivity index (χ1) is 7.08. The van der Waals surface area contributed by atoms with E-state index in [1.165, 1.54) is 0 Å². The van der Waals surface area contributed by atoms with Crippen molar-refractivity contribution < 1.29 is 5.11 Å². The van der Waals surface area contributed by atoms with Gasteiger partial charge in [-0.1, -0.05) is 45.5 Å². The normalized spacial score (nSPS) is 29.1. The van der Waals surface area contributed by atoms with E-state index in [9.17, 15) is 5.11 Å². The second kappa shape index (κ2) is 4.05. The predicted octanol–water partition coefficient (Wildman–Crippen LogP) is 3.36. The van der Waals surface area contributed by atoms with Crippen LogP contribution in [0.3, 0.4) is 0 Å². The molecule has 16 heavy (non-hydrogen) atoms. The van der Waals surface area contributed by atoms with Gasteiger partial charge < -0.3 is 5.11 Å². The van der Waals surface area contributed by atoms with E-state index in [0.717, 1.165) is 18.4 Å². The summed E-state index contributed by atoms with van der Waals surface area (Å²) < 4.78 is 0. The SMILES string of the molecule is CC1=CCCC(C)(C)C1(O)C#C[Si](C)(C)C. The summed E-state index contributed by atoms with van der Waals surface area (Å²) in [6, 6.07) is 0. The van der Waals surface area contributed by atoms with Crippen LogP contribution in [0.15, 0.2) is 11.6 Å². The summed E-state index contributed by atoms with van der Waals surface area (Å²) in [6.45, 7) is 12.8. The molecule has 1 N–H and O–H groups in total. The average molecular weight is 236 g/mol. The maximum atomic E-state index is 10.8. The lowest BCUT2D eigenvalue weighted by Gasteiger charge is -2.43. The van der Waals surface area contributed by atoms with Crippen molar-refractivity contribution in [2.45, 2.75) is 58.9 Å². The Kier molecular flexibility index (Phi) is 3.43. The number of hydrogen-bond acceptors (Lipinski definition) is 1. The summed E-state index contributed by atoms with van der Waals surface area (Å²) in [6.07, 6.45) is 4.18. The van der Waals surface area contributed by atoms with Gasteiger partial charge in [-0.3, -0.25) is 0 Å². The van der Waals surface area contributed by atoms with Gasteiger partial charge in [0.25, 0.3) is 0 Å². The fourth-order valence-corrected chi connectivity index (χ4v) is 2.61. The summed E-state index contributed by atoms with van der Waals surface area (Å²) in [5, 5.41) is 10.8. The van der Waals surface area contributed by atoms with Gasteiger partial charge in [0.05, 0.1) is 0 Å². The van der Waals surface area contributed by atoms with Gasteiger partial charge >= 0.3 is 0 Å². The van der Waals surface area contributed by atoms with Crippen molar-refractivity contribution in [1.82, 2.24) is 0 Å². The van der Waals surface area contributed by atoms with Crippen molar-refractivity contribution in [3.63, 3.8) is 0 Å². The van der Waals surface area contributed by atoms with Gasteiger partial charge in [0.15, 0.2) is 5.60 Å². The number of aliphatic hydroxyl groups is 1. The van der Waals surface area contributed by atoms with Crippen molar-refractivity contribution in [3.05, 3.63) is 11.6 Å². The Bertz CT molecular complexity index is 362. The summed E-state index contributed by atoms with van der Waals surface area (Å²) in [4.78, 5) is 0. The molecule has 1 unspecified atom stereocenters. The second-order valence-corrected chi connectivity index (χ2v) is 11.3. The highest BCUT2D eigenvalue weighted by Gasteiger charge is 2.45. The summed E-state index contributed by atoms with van der Waals surface area (Å²) >= 11 is 0. The largest absolute Gasteiger partial charge is 0.373 e. The molecule has 90 valence electrons. The first kappa shape index (κ1) is 13.5. The number of allylic oxidation sites excluding steroid dienone is 1. The first-order valence-electron chi connectivity index (χ1n) is 6.02. The quantitative estimate of drug-likeness (QED) is 0.388. The zero-order valence-corrected chi connectivity index (χ0v) is 12.4. The van der Waals surface area contributed by atoms with E-state index >= 15 is 0 Å². The van der Waals surface area contributed by atoms with Crippen molar-refractivity contribution in [2.24, 2.45) is 5.41 Å². The van der Waals surface area contributed by atoms with E-state index in [-0.39, 0.29) is 5.41 Å². The van der Waals surface area contributed by atoms with Gasteiger partial charge in [0.2, 0.25) is 0 Å². The van der Waals surface area contributed by atoms with Gasteiger partial charge in [0.1, 0.15) is 8.07 Å².